The molecule has 0 aromatic carbocycles. The molecule has 4 aliphatic rings. The fourth-order valence-electron chi connectivity index (χ4n) is 5.66. The van der Waals surface area contributed by atoms with Crippen LogP contribution in [0.25, 0.3) is 0 Å². The minimum absolute atomic E-state index is 0.244. The first-order chi connectivity index (χ1) is 14.2. The molecule has 7 nitrogen and oxygen atoms in total. The summed E-state index contributed by atoms with van der Waals surface area (Å²) in [5, 5.41) is 3.27. The van der Waals surface area contributed by atoms with Gasteiger partial charge in [-0.3, -0.25) is 4.79 Å². The van der Waals surface area contributed by atoms with Crippen LogP contribution in [0.15, 0.2) is 0 Å². The van der Waals surface area contributed by atoms with Crippen molar-refractivity contribution < 1.29 is 9.53 Å². The summed E-state index contributed by atoms with van der Waals surface area (Å²) < 4.78 is 5.79. The largest absolute Gasteiger partial charge is 0.376 e. The van der Waals surface area contributed by atoms with E-state index in [0.29, 0.717) is 12.3 Å². The van der Waals surface area contributed by atoms with E-state index in [1.807, 2.05) is 7.05 Å². The second-order valence-electron chi connectivity index (χ2n) is 9.30. The van der Waals surface area contributed by atoms with Crippen LogP contribution in [0, 0.1) is 5.41 Å². The average Bonchev–Trinajstić information content (AvgIpc) is 3.42. The zero-order valence-corrected chi connectivity index (χ0v) is 17.6. The van der Waals surface area contributed by atoms with E-state index in [1.54, 1.807) is 0 Å². The number of carbonyl (C=O) groups excluding carboxylic acids is 1. The van der Waals surface area contributed by atoms with Crippen LogP contribution < -0.4 is 10.2 Å². The van der Waals surface area contributed by atoms with E-state index >= 15 is 0 Å². The molecule has 1 aromatic rings. The maximum Gasteiger partial charge on any atom is 0.227 e. The Kier molecular flexibility index (Phi) is 5.10. The van der Waals surface area contributed by atoms with Gasteiger partial charge in [0.15, 0.2) is 0 Å². The Hall–Kier alpha value is -1.89. The van der Waals surface area contributed by atoms with Crippen molar-refractivity contribution in [1.82, 2.24) is 14.9 Å². The van der Waals surface area contributed by atoms with Gasteiger partial charge in [-0.25, -0.2) is 4.98 Å². The van der Waals surface area contributed by atoms with Gasteiger partial charge in [0.05, 0.1) is 11.8 Å². The lowest BCUT2D eigenvalue weighted by molar-refractivity contribution is -0.140. The predicted molar refractivity (Wildman–Crippen MR) is 112 cm³/mol. The van der Waals surface area contributed by atoms with Crippen LogP contribution in [-0.2, 0) is 22.4 Å². The minimum atomic E-state index is 0.244. The van der Waals surface area contributed by atoms with E-state index in [4.69, 9.17) is 14.7 Å². The topological polar surface area (TPSA) is 70.6 Å². The number of fused-ring (bicyclic) bond motifs is 1. The second kappa shape index (κ2) is 7.74. The molecule has 158 valence electrons. The van der Waals surface area contributed by atoms with Gasteiger partial charge in [0.1, 0.15) is 5.82 Å². The lowest BCUT2D eigenvalue weighted by Gasteiger charge is -2.47. The molecule has 0 radical (unpaired) electrons. The van der Waals surface area contributed by atoms with Crippen LogP contribution >= 0.6 is 0 Å². The standard InChI is InChI=1S/C22H33N5O2/c1-23-20-17-5-2-6-18(17)24-21(25-20)26-11-9-22(10-12-26)8-7-19(28)27(15-22)14-16-4-3-13-29-16/h16H,2-15H2,1H3,(H,23,24,25)/t16-/m1/s1. The molecule has 3 aliphatic heterocycles. The molecule has 3 saturated heterocycles. The van der Waals surface area contributed by atoms with Crippen molar-refractivity contribution in [1.29, 1.82) is 0 Å². The van der Waals surface area contributed by atoms with Crippen molar-refractivity contribution in [2.24, 2.45) is 5.41 Å². The van der Waals surface area contributed by atoms with Gasteiger partial charge >= 0.3 is 0 Å². The number of anilines is 2. The number of carbonyl (C=O) groups is 1. The number of likely N-dealkylation sites (tertiary alicyclic amines) is 1. The van der Waals surface area contributed by atoms with Crippen molar-refractivity contribution >= 4 is 17.7 Å². The highest BCUT2D eigenvalue weighted by Gasteiger charge is 2.42. The van der Waals surface area contributed by atoms with Gasteiger partial charge in [-0.05, 0) is 56.8 Å². The highest BCUT2D eigenvalue weighted by molar-refractivity contribution is 5.77. The third-order valence-electron chi connectivity index (χ3n) is 7.46. The Balaban J connectivity index is 1.25. The number of aromatic nitrogens is 2. The minimum Gasteiger partial charge on any atom is -0.376 e. The summed E-state index contributed by atoms with van der Waals surface area (Å²) in [5.74, 6) is 2.20. The highest BCUT2D eigenvalue weighted by atomic mass is 16.5. The summed E-state index contributed by atoms with van der Waals surface area (Å²) in [6, 6.07) is 0. The zero-order chi connectivity index (χ0) is 19.8. The van der Waals surface area contributed by atoms with Crippen LogP contribution in [0.5, 0.6) is 0 Å². The summed E-state index contributed by atoms with van der Waals surface area (Å²) in [4.78, 5) is 26.7. The van der Waals surface area contributed by atoms with Crippen LogP contribution in [0.4, 0.5) is 11.8 Å². The number of hydrogen-bond donors (Lipinski definition) is 1. The maximum absolute atomic E-state index is 12.5. The molecular weight excluding hydrogens is 366 g/mol. The number of aryl methyl sites for hydroxylation is 1. The molecule has 5 rings (SSSR count). The molecule has 1 aliphatic carbocycles. The predicted octanol–water partition coefficient (Wildman–Crippen LogP) is 2.40. The second-order valence-corrected chi connectivity index (χ2v) is 9.30. The normalized spacial score (nSPS) is 26.2. The monoisotopic (exact) mass is 399 g/mol. The fourth-order valence-corrected chi connectivity index (χ4v) is 5.66. The summed E-state index contributed by atoms with van der Waals surface area (Å²) in [5.41, 5.74) is 2.79. The van der Waals surface area contributed by atoms with Crippen molar-refractivity contribution in [3.05, 3.63) is 11.3 Å². The van der Waals surface area contributed by atoms with Gasteiger partial charge in [0.25, 0.3) is 0 Å². The highest BCUT2D eigenvalue weighted by Crippen LogP contribution is 2.41. The van der Waals surface area contributed by atoms with E-state index in [-0.39, 0.29) is 11.5 Å². The van der Waals surface area contributed by atoms with E-state index in [1.165, 1.54) is 17.7 Å². The smallest absolute Gasteiger partial charge is 0.227 e. The van der Waals surface area contributed by atoms with Crippen LogP contribution in [-0.4, -0.2) is 66.7 Å². The zero-order valence-electron chi connectivity index (χ0n) is 17.6. The first kappa shape index (κ1) is 19.1. The van der Waals surface area contributed by atoms with Gasteiger partial charge in [0, 0.05) is 51.8 Å². The molecule has 0 bridgehead atoms. The van der Waals surface area contributed by atoms with E-state index in [9.17, 15) is 4.79 Å². The molecule has 1 N–H and O–H groups in total. The average molecular weight is 400 g/mol. The Morgan fingerprint density at radius 1 is 1.14 bits per heavy atom. The SMILES string of the molecule is CNc1nc(N2CCC3(CCC(=O)N(C[C@H]4CCCO4)C3)CC2)nc2c1CCC2. The molecule has 1 aromatic heterocycles. The summed E-state index contributed by atoms with van der Waals surface area (Å²) >= 11 is 0. The number of hydrogen-bond acceptors (Lipinski definition) is 6. The number of nitrogens with one attached hydrogen (secondary N) is 1. The van der Waals surface area contributed by atoms with Gasteiger partial charge in [-0.1, -0.05) is 0 Å². The fraction of sp³-hybridized carbons (Fsp3) is 0.773. The maximum atomic E-state index is 12.5. The van der Waals surface area contributed by atoms with Crippen molar-refractivity contribution in [2.75, 3.05) is 50.1 Å². The molecule has 1 spiro atoms. The number of nitrogens with zero attached hydrogens (tertiary/aromatic N) is 4. The van der Waals surface area contributed by atoms with Crippen LogP contribution in [0.3, 0.4) is 0 Å². The first-order valence-electron chi connectivity index (χ1n) is 11.4. The Morgan fingerprint density at radius 3 is 2.76 bits per heavy atom. The number of rotatable bonds is 4. The van der Waals surface area contributed by atoms with Gasteiger partial charge < -0.3 is 19.9 Å². The number of ether oxygens (including phenoxy) is 1. The molecule has 3 fully saturated rings. The molecule has 29 heavy (non-hydrogen) atoms. The van der Waals surface area contributed by atoms with E-state index in [0.717, 1.165) is 89.5 Å². The Labute approximate surface area is 173 Å². The van der Waals surface area contributed by atoms with Crippen molar-refractivity contribution in [2.45, 2.75) is 63.9 Å². The van der Waals surface area contributed by atoms with Crippen LogP contribution in [0.1, 0.15) is 56.2 Å². The van der Waals surface area contributed by atoms with Gasteiger partial charge in [-0.15, -0.1) is 0 Å². The Bertz CT molecular complexity index is 769. The van der Waals surface area contributed by atoms with Gasteiger partial charge in [-0.2, -0.15) is 4.98 Å². The summed E-state index contributed by atoms with van der Waals surface area (Å²) in [6.07, 6.45) is 9.72. The third kappa shape index (κ3) is 3.69. The van der Waals surface area contributed by atoms with E-state index < -0.39 is 0 Å². The lowest BCUT2D eigenvalue weighted by Crippen LogP contribution is -2.53. The molecule has 1 atom stereocenters. The molecular formula is C22H33N5O2. The Morgan fingerprint density at radius 2 is 2.00 bits per heavy atom. The van der Waals surface area contributed by atoms with Crippen LogP contribution in [0.2, 0.25) is 0 Å². The van der Waals surface area contributed by atoms with Gasteiger partial charge in [0.2, 0.25) is 11.9 Å². The summed E-state index contributed by atoms with van der Waals surface area (Å²) in [6.45, 7) is 4.48. The quantitative estimate of drug-likeness (QED) is 0.838. The van der Waals surface area contributed by atoms with Crippen molar-refractivity contribution in [3.63, 3.8) is 0 Å². The number of piperidine rings is 2. The molecule has 0 saturated carbocycles. The molecule has 0 unspecified atom stereocenters. The number of amides is 1. The van der Waals surface area contributed by atoms with E-state index in [2.05, 4.69) is 15.1 Å². The molecule has 4 heterocycles. The van der Waals surface area contributed by atoms with Crippen molar-refractivity contribution in [3.8, 4) is 0 Å². The first-order valence-corrected chi connectivity index (χ1v) is 11.4. The molecule has 7 heteroatoms. The molecule has 1 amide bonds. The third-order valence-corrected chi connectivity index (χ3v) is 7.46. The lowest BCUT2D eigenvalue weighted by atomic mass is 9.72. The summed E-state index contributed by atoms with van der Waals surface area (Å²) in [7, 11) is 1.96.